The number of amides is 2. The van der Waals surface area contributed by atoms with Gasteiger partial charge in [-0.3, -0.25) is 4.98 Å². The molecule has 22 heavy (non-hydrogen) atoms. The molecule has 1 saturated heterocycles. The summed E-state index contributed by atoms with van der Waals surface area (Å²) in [5, 5.41) is 7.97. The zero-order chi connectivity index (χ0) is 15.4. The number of pyridine rings is 1. The van der Waals surface area contributed by atoms with E-state index < -0.39 is 0 Å². The van der Waals surface area contributed by atoms with Crippen molar-refractivity contribution in [3.05, 3.63) is 36.2 Å². The van der Waals surface area contributed by atoms with Crippen LogP contribution in [0.1, 0.15) is 18.5 Å². The minimum absolute atomic E-state index is 0.159. The van der Waals surface area contributed by atoms with Crippen LogP contribution in [0.15, 0.2) is 30.5 Å². The van der Waals surface area contributed by atoms with Crippen molar-refractivity contribution in [3.63, 3.8) is 0 Å². The van der Waals surface area contributed by atoms with Crippen molar-refractivity contribution in [3.8, 4) is 0 Å². The van der Waals surface area contributed by atoms with Crippen molar-refractivity contribution >= 4 is 22.5 Å². The largest absolute Gasteiger partial charge is 0.381 e. The number of rotatable bonds is 3. The maximum absolute atomic E-state index is 12.1. The Hall–Kier alpha value is -2.14. The van der Waals surface area contributed by atoms with Crippen LogP contribution < -0.4 is 10.6 Å². The summed E-state index contributed by atoms with van der Waals surface area (Å²) >= 11 is 0. The molecule has 5 heteroatoms. The summed E-state index contributed by atoms with van der Waals surface area (Å²) in [5.41, 5.74) is 1.77. The van der Waals surface area contributed by atoms with E-state index in [9.17, 15) is 4.79 Å². The second kappa shape index (κ2) is 6.75. The van der Waals surface area contributed by atoms with Gasteiger partial charge in [0.05, 0.1) is 5.69 Å². The smallest absolute Gasteiger partial charge is 0.319 e. The maximum atomic E-state index is 12.1. The van der Waals surface area contributed by atoms with Crippen LogP contribution in [0.25, 0.3) is 10.8 Å². The summed E-state index contributed by atoms with van der Waals surface area (Å²) in [6.07, 6.45) is 3.79. The van der Waals surface area contributed by atoms with Crippen molar-refractivity contribution < 1.29 is 9.53 Å². The molecular weight excluding hydrogens is 278 g/mol. The van der Waals surface area contributed by atoms with Crippen LogP contribution in [-0.4, -0.2) is 30.8 Å². The Bertz CT molecular complexity index is 666. The molecule has 0 unspecified atom stereocenters. The number of aromatic nitrogens is 1. The van der Waals surface area contributed by atoms with Gasteiger partial charge in [-0.15, -0.1) is 0 Å². The van der Waals surface area contributed by atoms with Gasteiger partial charge in [0.2, 0.25) is 0 Å². The van der Waals surface area contributed by atoms with Crippen molar-refractivity contribution in [2.75, 3.05) is 25.1 Å². The van der Waals surface area contributed by atoms with E-state index in [2.05, 4.69) is 15.6 Å². The van der Waals surface area contributed by atoms with E-state index in [1.165, 1.54) is 0 Å². The normalized spacial score (nSPS) is 15.7. The van der Waals surface area contributed by atoms with Crippen molar-refractivity contribution in [2.45, 2.75) is 19.8 Å². The number of nitrogens with zero attached hydrogens (tertiary/aromatic N) is 1. The highest BCUT2D eigenvalue weighted by molar-refractivity contribution is 6.02. The average molecular weight is 299 g/mol. The monoisotopic (exact) mass is 299 g/mol. The third-order valence-corrected chi connectivity index (χ3v) is 4.15. The average Bonchev–Trinajstić information content (AvgIpc) is 2.55. The zero-order valence-corrected chi connectivity index (χ0v) is 12.8. The lowest BCUT2D eigenvalue weighted by atomic mass is 10.0. The molecule has 1 fully saturated rings. The number of ether oxygens (including phenoxy) is 1. The first-order valence-corrected chi connectivity index (χ1v) is 7.71. The van der Waals surface area contributed by atoms with Crippen molar-refractivity contribution in [1.82, 2.24) is 10.3 Å². The highest BCUT2D eigenvalue weighted by Crippen LogP contribution is 2.24. The molecule has 0 aliphatic carbocycles. The Morgan fingerprint density at radius 1 is 1.27 bits per heavy atom. The number of urea groups is 1. The Morgan fingerprint density at radius 3 is 2.91 bits per heavy atom. The second-order valence-electron chi connectivity index (χ2n) is 5.69. The van der Waals surface area contributed by atoms with Gasteiger partial charge in [0, 0.05) is 42.4 Å². The van der Waals surface area contributed by atoms with E-state index in [4.69, 9.17) is 4.74 Å². The van der Waals surface area contributed by atoms with Crippen LogP contribution in [0.2, 0.25) is 0 Å². The van der Waals surface area contributed by atoms with Gasteiger partial charge in [0.1, 0.15) is 0 Å². The van der Waals surface area contributed by atoms with E-state index in [0.29, 0.717) is 12.5 Å². The molecule has 0 atom stereocenters. The molecule has 2 amide bonds. The number of benzene rings is 1. The molecule has 3 rings (SSSR count). The molecule has 1 aliphatic heterocycles. The topological polar surface area (TPSA) is 63.2 Å². The summed E-state index contributed by atoms with van der Waals surface area (Å²) < 4.78 is 5.33. The summed E-state index contributed by atoms with van der Waals surface area (Å²) in [5.74, 6) is 0.512. The number of hydrogen-bond acceptors (Lipinski definition) is 3. The van der Waals surface area contributed by atoms with Gasteiger partial charge < -0.3 is 15.4 Å². The molecule has 2 aromatic rings. The standard InChI is InChI=1S/C17H21N3O2/c1-12-14-3-2-4-16(15(14)5-8-18-12)20-17(21)19-11-13-6-9-22-10-7-13/h2-5,8,13H,6-7,9-11H2,1H3,(H2,19,20,21). The molecule has 2 N–H and O–H groups in total. The van der Waals surface area contributed by atoms with Crippen molar-refractivity contribution in [1.29, 1.82) is 0 Å². The fraction of sp³-hybridized carbons (Fsp3) is 0.412. The highest BCUT2D eigenvalue weighted by Gasteiger charge is 2.15. The fourth-order valence-corrected chi connectivity index (χ4v) is 2.82. The third-order valence-electron chi connectivity index (χ3n) is 4.15. The number of carbonyl (C=O) groups is 1. The van der Waals surface area contributed by atoms with Crippen molar-refractivity contribution in [2.24, 2.45) is 5.92 Å². The molecule has 1 aromatic heterocycles. The summed E-state index contributed by atoms with van der Waals surface area (Å²) in [6.45, 7) is 4.25. The Labute approximate surface area is 130 Å². The van der Waals surface area contributed by atoms with Gasteiger partial charge >= 0.3 is 6.03 Å². The van der Waals surface area contributed by atoms with Crippen LogP contribution in [0.5, 0.6) is 0 Å². The molecule has 1 aromatic carbocycles. The highest BCUT2D eigenvalue weighted by atomic mass is 16.5. The van der Waals surface area contributed by atoms with E-state index in [0.717, 1.165) is 48.2 Å². The Balaban J connectivity index is 1.65. The van der Waals surface area contributed by atoms with E-state index in [1.54, 1.807) is 6.20 Å². The lowest BCUT2D eigenvalue weighted by Crippen LogP contribution is -2.35. The first-order chi connectivity index (χ1) is 10.7. The molecule has 5 nitrogen and oxygen atoms in total. The minimum atomic E-state index is -0.159. The Kier molecular flexibility index (Phi) is 4.53. The van der Waals surface area contributed by atoms with Gasteiger partial charge in [-0.25, -0.2) is 4.79 Å². The first-order valence-electron chi connectivity index (χ1n) is 7.71. The van der Waals surface area contributed by atoms with E-state index in [-0.39, 0.29) is 6.03 Å². The molecular formula is C17H21N3O2. The van der Waals surface area contributed by atoms with Gasteiger partial charge in [0.15, 0.2) is 0 Å². The van der Waals surface area contributed by atoms with Crippen LogP contribution in [0, 0.1) is 12.8 Å². The number of hydrogen-bond donors (Lipinski definition) is 2. The zero-order valence-electron chi connectivity index (χ0n) is 12.8. The quantitative estimate of drug-likeness (QED) is 0.915. The number of fused-ring (bicyclic) bond motifs is 1. The summed E-state index contributed by atoms with van der Waals surface area (Å²) in [6, 6.07) is 7.63. The first kappa shape index (κ1) is 14.8. The lowest BCUT2D eigenvalue weighted by molar-refractivity contribution is 0.0671. The van der Waals surface area contributed by atoms with Crippen LogP contribution in [0.4, 0.5) is 10.5 Å². The van der Waals surface area contributed by atoms with Gasteiger partial charge in [-0.2, -0.15) is 0 Å². The molecule has 0 radical (unpaired) electrons. The molecule has 1 aliphatic rings. The van der Waals surface area contributed by atoms with Crippen LogP contribution in [0.3, 0.4) is 0 Å². The second-order valence-corrected chi connectivity index (χ2v) is 5.69. The lowest BCUT2D eigenvalue weighted by Gasteiger charge is -2.22. The van der Waals surface area contributed by atoms with Crippen LogP contribution in [-0.2, 0) is 4.74 Å². The predicted octanol–water partition coefficient (Wildman–Crippen LogP) is 3.09. The van der Waals surface area contributed by atoms with Crippen LogP contribution >= 0.6 is 0 Å². The van der Waals surface area contributed by atoms with E-state index >= 15 is 0 Å². The fourth-order valence-electron chi connectivity index (χ4n) is 2.82. The predicted molar refractivity (Wildman–Crippen MR) is 87.0 cm³/mol. The number of nitrogens with one attached hydrogen (secondary N) is 2. The Morgan fingerprint density at radius 2 is 2.09 bits per heavy atom. The molecule has 0 saturated carbocycles. The molecule has 0 spiro atoms. The minimum Gasteiger partial charge on any atom is -0.381 e. The number of carbonyl (C=O) groups excluding carboxylic acids is 1. The maximum Gasteiger partial charge on any atom is 0.319 e. The molecule has 2 heterocycles. The van der Waals surface area contributed by atoms with Gasteiger partial charge in [-0.1, -0.05) is 12.1 Å². The molecule has 0 bridgehead atoms. The summed E-state index contributed by atoms with van der Waals surface area (Å²) in [4.78, 5) is 16.4. The molecule has 116 valence electrons. The van der Waals surface area contributed by atoms with Gasteiger partial charge in [-0.05, 0) is 37.8 Å². The SMILES string of the molecule is Cc1nccc2c(NC(=O)NCC3CCOCC3)cccc12. The number of aryl methyl sites for hydroxylation is 1. The number of anilines is 1. The van der Waals surface area contributed by atoms with E-state index in [1.807, 2.05) is 31.2 Å². The van der Waals surface area contributed by atoms with Gasteiger partial charge in [0.25, 0.3) is 0 Å². The third kappa shape index (κ3) is 3.36. The summed E-state index contributed by atoms with van der Waals surface area (Å²) in [7, 11) is 0.